The van der Waals surface area contributed by atoms with E-state index in [0.29, 0.717) is 18.9 Å². The number of carbonyl (C=O) groups excluding carboxylic acids is 1. The Bertz CT molecular complexity index is 309. The highest BCUT2D eigenvalue weighted by molar-refractivity contribution is 5.85. The lowest BCUT2D eigenvalue weighted by Gasteiger charge is -2.38. The molecule has 0 aromatic rings. The Kier molecular flexibility index (Phi) is 4.53. The molecule has 1 fully saturated rings. The van der Waals surface area contributed by atoms with Crippen LogP contribution in [-0.4, -0.2) is 36.0 Å². The highest BCUT2D eigenvalue weighted by Gasteiger charge is 2.42. The highest BCUT2D eigenvalue weighted by atomic mass is 16.2. The first kappa shape index (κ1) is 14.0. The minimum atomic E-state index is -0.810. The van der Waals surface area contributed by atoms with Gasteiger partial charge in [-0.15, -0.1) is 0 Å². The fraction of sp³-hybridized carbons (Fsp3) is 0.846. The first-order valence-corrected chi connectivity index (χ1v) is 6.37. The van der Waals surface area contributed by atoms with E-state index in [1.165, 1.54) is 0 Å². The summed E-state index contributed by atoms with van der Waals surface area (Å²) in [4.78, 5) is 14.4. The lowest BCUT2D eigenvalue weighted by molar-refractivity contribution is -0.131. The van der Waals surface area contributed by atoms with Crippen LogP contribution in [0.5, 0.6) is 0 Å². The number of nitriles is 1. The molecule has 0 unspecified atom stereocenters. The molecule has 0 spiro atoms. The normalized spacial score (nSPS) is 20.3. The molecule has 0 atom stereocenters. The van der Waals surface area contributed by atoms with Crippen molar-refractivity contribution in [2.75, 3.05) is 13.1 Å². The van der Waals surface area contributed by atoms with Crippen molar-refractivity contribution < 1.29 is 4.79 Å². The summed E-state index contributed by atoms with van der Waals surface area (Å²) in [7, 11) is 0. The summed E-state index contributed by atoms with van der Waals surface area (Å²) in [5.74, 6) is -0.0987. The molecule has 1 aliphatic rings. The minimum Gasteiger partial charge on any atom is -0.353 e. The number of piperidine rings is 1. The Labute approximate surface area is 104 Å². The van der Waals surface area contributed by atoms with Crippen molar-refractivity contribution in [2.24, 2.45) is 5.41 Å². The molecule has 0 aromatic heterocycles. The number of nitrogens with zero attached hydrogens (tertiary/aromatic N) is 2. The molecule has 1 amide bonds. The number of rotatable bonds is 3. The molecule has 4 nitrogen and oxygen atoms in total. The van der Waals surface area contributed by atoms with E-state index in [1.54, 1.807) is 0 Å². The zero-order valence-corrected chi connectivity index (χ0v) is 11.3. The van der Waals surface area contributed by atoms with Crippen LogP contribution in [0.25, 0.3) is 0 Å². The van der Waals surface area contributed by atoms with Crippen molar-refractivity contribution in [3.8, 4) is 6.07 Å². The van der Waals surface area contributed by atoms with Crippen LogP contribution in [0, 0.1) is 16.7 Å². The summed E-state index contributed by atoms with van der Waals surface area (Å²) in [6.07, 6.45) is 1.28. The monoisotopic (exact) mass is 237 g/mol. The molecule has 0 aliphatic carbocycles. The van der Waals surface area contributed by atoms with E-state index in [-0.39, 0.29) is 11.9 Å². The third kappa shape index (κ3) is 3.19. The average molecular weight is 237 g/mol. The summed E-state index contributed by atoms with van der Waals surface area (Å²) in [6.45, 7) is 9.80. The molecule has 0 radical (unpaired) electrons. The molecule has 17 heavy (non-hydrogen) atoms. The molecule has 1 rings (SSSR count). The van der Waals surface area contributed by atoms with Gasteiger partial charge in [-0.2, -0.15) is 5.26 Å². The topological polar surface area (TPSA) is 56.1 Å². The van der Waals surface area contributed by atoms with Gasteiger partial charge in [-0.05, 0) is 40.5 Å². The standard InChI is InChI=1S/C13H23N3O/c1-10(2)15-12(17)13(9-14)5-7-16(8-6-13)11(3)4/h10-11H,5-8H2,1-4H3,(H,15,17). The summed E-state index contributed by atoms with van der Waals surface area (Å²) in [6, 6.07) is 2.82. The molecule has 1 heterocycles. The van der Waals surface area contributed by atoms with E-state index in [0.717, 1.165) is 13.1 Å². The third-order valence-electron chi connectivity index (χ3n) is 3.45. The molecule has 1 saturated heterocycles. The van der Waals surface area contributed by atoms with E-state index in [1.807, 2.05) is 13.8 Å². The molecule has 96 valence electrons. The van der Waals surface area contributed by atoms with Crippen LogP contribution >= 0.6 is 0 Å². The van der Waals surface area contributed by atoms with Gasteiger partial charge in [-0.3, -0.25) is 4.79 Å². The van der Waals surface area contributed by atoms with Gasteiger partial charge < -0.3 is 10.2 Å². The van der Waals surface area contributed by atoms with Crippen molar-refractivity contribution in [1.29, 1.82) is 5.26 Å². The third-order valence-corrected chi connectivity index (χ3v) is 3.45. The lowest BCUT2D eigenvalue weighted by Crippen LogP contribution is -2.50. The lowest BCUT2D eigenvalue weighted by atomic mass is 9.78. The second kappa shape index (κ2) is 5.50. The minimum absolute atomic E-state index is 0.0934. The van der Waals surface area contributed by atoms with E-state index in [4.69, 9.17) is 0 Å². The maximum Gasteiger partial charge on any atom is 0.240 e. The smallest absolute Gasteiger partial charge is 0.240 e. The largest absolute Gasteiger partial charge is 0.353 e. The summed E-state index contributed by atoms with van der Waals surface area (Å²) >= 11 is 0. The predicted octanol–water partition coefficient (Wildman–Crippen LogP) is 1.53. The van der Waals surface area contributed by atoms with Crippen LogP contribution in [0.2, 0.25) is 0 Å². The molecule has 0 saturated carbocycles. The average Bonchev–Trinajstić information content (AvgIpc) is 2.28. The zero-order chi connectivity index (χ0) is 13.1. The van der Waals surface area contributed by atoms with E-state index >= 15 is 0 Å². The summed E-state index contributed by atoms with van der Waals surface area (Å²) in [5, 5.41) is 12.2. The Balaban J connectivity index is 2.68. The quantitative estimate of drug-likeness (QED) is 0.809. The van der Waals surface area contributed by atoms with Gasteiger partial charge in [0.1, 0.15) is 5.41 Å². The van der Waals surface area contributed by atoms with E-state index < -0.39 is 5.41 Å². The maximum absolute atomic E-state index is 12.1. The van der Waals surface area contributed by atoms with Crippen LogP contribution in [0.1, 0.15) is 40.5 Å². The molecular weight excluding hydrogens is 214 g/mol. The Morgan fingerprint density at radius 3 is 2.18 bits per heavy atom. The van der Waals surface area contributed by atoms with Gasteiger partial charge in [0, 0.05) is 25.2 Å². The van der Waals surface area contributed by atoms with Gasteiger partial charge in [0.15, 0.2) is 0 Å². The van der Waals surface area contributed by atoms with Gasteiger partial charge in [0.05, 0.1) is 6.07 Å². The van der Waals surface area contributed by atoms with Crippen LogP contribution in [-0.2, 0) is 4.79 Å². The number of amides is 1. The van der Waals surface area contributed by atoms with Gasteiger partial charge in [-0.1, -0.05) is 0 Å². The van der Waals surface area contributed by atoms with Gasteiger partial charge in [0.25, 0.3) is 0 Å². The van der Waals surface area contributed by atoms with Crippen molar-refractivity contribution >= 4 is 5.91 Å². The van der Waals surface area contributed by atoms with Gasteiger partial charge in [0.2, 0.25) is 5.91 Å². The zero-order valence-electron chi connectivity index (χ0n) is 11.3. The molecule has 1 aliphatic heterocycles. The van der Waals surface area contributed by atoms with Crippen LogP contribution in [0.15, 0.2) is 0 Å². The fourth-order valence-corrected chi connectivity index (χ4v) is 2.21. The SMILES string of the molecule is CC(C)NC(=O)C1(C#N)CCN(C(C)C)CC1. The number of hydrogen-bond donors (Lipinski definition) is 1. The summed E-state index contributed by atoms with van der Waals surface area (Å²) in [5.41, 5.74) is -0.810. The maximum atomic E-state index is 12.1. The first-order chi connectivity index (χ1) is 7.91. The Morgan fingerprint density at radius 2 is 1.82 bits per heavy atom. The van der Waals surface area contributed by atoms with Gasteiger partial charge >= 0.3 is 0 Å². The number of hydrogen-bond acceptors (Lipinski definition) is 3. The number of carbonyl (C=O) groups is 1. The van der Waals surface area contributed by atoms with Crippen LogP contribution in [0.4, 0.5) is 0 Å². The van der Waals surface area contributed by atoms with Crippen molar-refractivity contribution in [1.82, 2.24) is 10.2 Å². The van der Waals surface area contributed by atoms with Crippen molar-refractivity contribution in [3.63, 3.8) is 0 Å². The fourth-order valence-electron chi connectivity index (χ4n) is 2.21. The van der Waals surface area contributed by atoms with Gasteiger partial charge in [-0.25, -0.2) is 0 Å². The molecule has 0 bridgehead atoms. The predicted molar refractivity (Wildman–Crippen MR) is 67.3 cm³/mol. The second-order valence-electron chi connectivity index (χ2n) is 5.45. The molecular formula is C13H23N3O. The van der Waals surface area contributed by atoms with Crippen molar-refractivity contribution in [2.45, 2.75) is 52.6 Å². The summed E-state index contributed by atoms with van der Waals surface area (Å²) < 4.78 is 0. The highest BCUT2D eigenvalue weighted by Crippen LogP contribution is 2.31. The van der Waals surface area contributed by atoms with Crippen LogP contribution in [0.3, 0.4) is 0 Å². The van der Waals surface area contributed by atoms with E-state index in [2.05, 4.69) is 30.1 Å². The number of nitrogens with one attached hydrogen (secondary N) is 1. The van der Waals surface area contributed by atoms with E-state index in [9.17, 15) is 10.1 Å². The van der Waals surface area contributed by atoms with Crippen LogP contribution < -0.4 is 5.32 Å². The Hall–Kier alpha value is -1.08. The van der Waals surface area contributed by atoms with Crippen molar-refractivity contribution in [3.05, 3.63) is 0 Å². The first-order valence-electron chi connectivity index (χ1n) is 6.37. The molecule has 4 heteroatoms. The second-order valence-corrected chi connectivity index (χ2v) is 5.45. The Morgan fingerprint density at radius 1 is 1.29 bits per heavy atom. The number of likely N-dealkylation sites (tertiary alicyclic amines) is 1. The molecule has 1 N–H and O–H groups in total. The molecule has 0 aromatic carbocycles.